The number of nitrogens with zero attached hydrogens (tertiary/aromatic N) is 5. The van der Waals surface area contributed by atoms with Crippen LogP contribution in [0.4, 0.5) is 4.79 Å². The van der Waals surface area contributed by atoms with Gasteiger partial charge in [0.25, 0.3) is 0 Å². The second-order valence-electron chi connectivity index (χ2n) is 6.31. The molecule has 1 atom stereocenters. The Morgan fingerprint density at radius 3 is 2.88 bits per heavy atom. The number of hydrogen-bond acceptors (Lipinski definition) is 5. The molecule has 0 saturated carbocycles. The summed E-state index contributed by atoms with van der Waals surface area (Å²) >= 11 is 0. The van der Waals surface area contributed by atoms with Crippen molar-refractivity contribution < 1.29 is 13.2 Å². The Morgan fingerprint density at radius 1 is 1.35 bits per heavy atom. The molecule has 1 N–H and O–H groups in total. The zero-order valence-electron chi connectivity index (χ0n) is 14.8. The van der Waals surface area contributed by atoms with Gasteiger partial charge in [-0.05, 0) is 19.4 Å². The molecule has 0 aliphatic carbocycles. The standard InChI is InChI=1S/C16H24N6O3S/c1-2-20-12-14(11-19-20)15-13-26(24,25)10-9-22(15)16(23)17-5-3-7-21-8-4-6-18-21/h4,6,8,11-12,15H,2-3,5,7,9-10,13H2,1H3,(H,17,23)/t15-/m1/s1. The van der Waals surface area contributed by atoms with Crippen molar-refractivity contribution in [3.8, 4) is 0 Å². The van der Waals surface area contributed by atoms with Crippen molar-refractivity contribution >= 4 is 15.9 Å². The zero-order chi connectivity index (χ0) is 18.6. The lowest BCUT2D eigenvalue weighted by Gasteiger charge is -2.35. The summed E-state index contributed by atoms with van der Waals surface area (Å²) in [6, 6.07) is 1.11. The van der Waals surface area contributed by atoms with Crippen LogP contribution in [0.25, 0.3) is 0 Å². The second kappa shape index (κ2) is 7.90. The van der Waals surface area contributed by atoms with E-state index in [1.807, 2.05) is 30.1 Å². The zero-order valence-corrected chi connectivity index (χ0v) is 15.6. The van der Waals surface area contributed by atoms with Crippen LogP contribution in [0.5, 0.6) is 0 Å². The van der Waals surface area contributed by atoms with Crippen molar-refractivity contribution in [1.29, 1.82) is 0 Å². The second-order valence-corrected chi connectivity index (χ2v) is 8.54. The highest BCUT2D eigenvalue weighted by atomic mass is 32.2. The topological polar surface area (TPSA) is 102 Å². The van der Waals surface area contributed by atoms with E-state index in [0.29, 0.717) is 19.6 Å². The van der Waals surface area contributed by atoms with Crippen LogP contribution in [0.2, 0.25) is 0 Å². The Hall–Kier alpha value is -2.36. The van der Waals surface area contributed by atoms with Crippen LogP contribution in [0.3, 0.4) is 0 Å². The molecule has 2 aromatic heterocycles. The maximum atomic E-state index is 12.6. The molecule has 9 nitrogen and oxygen atoms in total. The van der Waals surface area contributed by atoms with E-state index in [4.69, 9.17) is 0 Å². The van der Waals surface area contributed by atoms with E-state index >= 15 is 0 Å². The van der Waals surface area contributed by atoms with Gasteiger partial charge in [0, 0.05) is 50.3 Å². The molecule has 1 aliphatic rings. The quantitative estimate of drug-likeness (QED) is 0.742. The number of aryl methyl sites for hydroxylation is 2. The highest BCUT2D eigenvalue weighted by molar-refractivity contribution is 7.91. The molecule has 1 aliphatic heterocycles. The van der Waals surface area contributed by atoms with Crippen LogP contribution in [0.1, 0.15) is 24.9 Å². The van der Waals surface area contributed by atoms with E-state index in [1.54, 1.807) is 22.0 Å². The van der Waals surface area contributed by atoms with Crippen molar-refractivity contribution in [2.24, 2.45) is 0 Å². The van der Waals surface area contributed by atoms with Gasteiger partial charge in [0.15, 0.2) is 9.84 Å². The molecule has 0 bridgehead atoms. The van der Waals surface area contributed by atoms with E-state index in [2.05, 4.69) is 15.5 Å². The predicted molar refractivity (Wildman–Crippen MR) is 96.2 cm³/mol. The van der Waals surface area contributed by atoms with Crippen molar-refractivity contribution in [1.82, 2.24) is 29.8 Å². The number of aromatic nitrogens is 4. The van der Waals surface area contributed by atoms with Crippen LogP contribution in [0, 0.1) is 0 Å². The molecular weight excluding hydrogens is 356 g/mol. The van der Waals surface area contributed by atoms with E-state index in [-0.39, 0.29) is 24.1 Å². The molecule has 2 aromatic rings. The number of amides is 2. The highest BCUT2D eigenvalue weighted by Gasteiger charge is 2.35. The predicted octanol–water partition coefficient (Wildman–Crippen LogP) is 0.671. The number of sulfone groups is 1. The van der Waals surface area contributed by atoms with Gasteiger partial charge in [0.2, 0.25) is 0 Å². The summed E-state index contributed by atoms with van der Waals surface area (Å²) in [7, 11) is -3.17. The molecule has 0 aromatic carbocycles. The van der Waals surface area contributed by atoms with Crippen LogP contribution in [-0.2, 0) is 22.9 Å². The van der Waals surface area contributed by atoms with Crippen molar-refractivity contribution in [3.05, 3.63) is 36.4 Å². The fraction of sp³-hybridized carbons (Fsp3) is 0.562. The Balaban J connectivity index is 1.62. The first kappa shape index (κ1) is 18.4. The van der Waals surface area contributed by atoms with E-state index in [0.717, 1.165) is 12.0 Å². The maximum Gasteiger partial charge on any atom is 0.317 e. The number of urea groups is 1. The first-order chi connectivity index (χ1) is 12.5. The minimum absolute atomic E-state index is 0.00782. The number of nitrogens with one attached hydrogen (secondary N) is 1. The molecule has 2 amide bonds. The van der Waals surface area contributed by atoms with Gasteiger partial charge in [-0.25, -0.2) is 13.2 Å². The third kappa shape index (κ3) is 4.43. The van der Waals surface area contributed by atoms with E-state index in [1.165, 1.54) is 0 Å². The molecule has 0 spiro atoms. The average Bonchev–Trinajstić information content (AvgIpc) is 3.29. The van der Waals surface area contributed by atoms with Gasteiger partial charge in [-0.1, -0.05) is 0 Å². The molecule has 0 radical (unpaired) electrons. The molecule has 142 valence electrons. The fourth-order valence-electron chi connectivity index (χ4n) is 3.02. The maximum absolute atomic E-state index is 12.6. The van der Waals surface area contributed by atoms with Gasteiger partial charge in [0.1, 0.15) is 0 Å². The monoisotopic (exact) mass is 380 g/mol. The Morgan fingerprint density at radius 2 is 2.19 bits per heavy atom. The highest BCUT2D eigenvalue weighted by Crippen LogP contribution is 2.26. The van der Waals surface area contributed by atoms with Crippen LogP contribution >= 0.6 is 0 Å². The van der Waals surface area contributed by atoms with Crippen LogP contribution in [-0.4, -0.2) is 63.5 Å². The van der Waals surface area contributed by atoms with Gasteiger partial charge in [-0.3, -0.25) is 9.36 Å². The molecule has 3 rings (SSSR count). The van der Waals surface area contributed by atoms with Gasteiger partial charge in [-0.15, -0.1) is 0 Å². The smallest absolute Gasteiger partial charge is 0.317 e. The van der Waals surface area contributed by atoms with Crippen molar-refractivity contribution in [3.63, 3.8) is 0 Å². The van der Waals surface area contributed by atoms with Crippen molar-refractivity contribution in [2.45, 2.75) is 32.5 Å². The van der Waals surface area contributed by atoms with Gasteiger partial charge in [0.05, 0.1) is 23.7 Å². The number of hydrogen-bond donors (Lipinski definition) is 1. The molecule has 3 heterocycles. The summed E-state index contributed by atoms with van der Waals surface area (Å²) in [5, 5.41) is 11.2. The molecule has 1 saturated heterocycles. The number of carbonyl (C=O) groups excluding carboxylic acids is 1. The number of carbonyl (C=O) groups is 1. The molecule has 26 heavy (non-hydrogen) atoms. The van der Waals surface area contributed by atoms with Crippen molar-refractivity contribution in [2.75, 3.05) is 24.6 Å². The third-order valence-electron chi connectivity index (χ3n) is 4.45. The summed E-state index contributed by atoms with van der Waals surface area (Å²) in [4.78, 5) is 14.2. The van der Waals surface area contributed by atoms with Crippen LogP contribution in [0.15, 0.2) is 30.9 Å². The Kier molecular flexibility index (Phi) is 5.60. The first-order valence-electron chi connectivity index (χ1n) is 8.73. The Labute approximate surface area is 152 Å². The lowest BCUT2D eigenvalue weighted by Crippen LogP contribution is -2.50. The third-order valence-corrected chi connectivity index (χ3v) is 6.08. The minimum atomic E-state index is -3.17. The molecule has 0 unspecified atom stereocenters. The number of rotatable bonds is 6. The normalized spacial score (nSPS) is 19.4. The lowest BCUT2D eigenvalue weighted by atomic mass is 10.1. The SMILES string of the molecule is CCn1cc([C@H]2CS(=O)(=O)CCN2C(=O)NCCCn2cccn2)cn1. The molecule has 1 fully saturated rings. The van der Waals surface area contributed by atoms with Crippen LogP contribution < -0.4 is 5.32 Å². The lowest BCUT2D eigenvalue weighted by molar-refractivity contribution is 0.180. The minimum Gasteiger partial charge on any atom is -0.338 e. The van der Waals surface area contributed by atoms with Gasteiger partial charge >= 0.3 is 6.03 Å². The summed E-state index contributed by atoms with van der Waals surface area (Å²) in [6.45, 7) is 4.06. The summed E-state index contributed by atoms with van der Waals surface area (Å²) in [6.07, 6.45) is 7.79. The fourth-order valence-corrected chi connectivity index (χ4v) is 4.52. The summed E-state index contributed by atoms with van der Waals surface area (Å²) < 4.78 is 27.7. The van der Waals surface area contributed by atoms with Gasteiger partial charge < -0.3 is 10.2 Å². The van der Waals surface area contributed by atoms with Gasteiger partial charge in [-0.2, -0.15) is 10.2 Å². The summed E-state index contributed by atoms with van der Waals surface area (Å²) in [5.74, 6) is -0.0742. The largest absolute Gasteiger partial charge is 0.338 e. The first-order valence-corrected chi connectivity index (χ1v) is 10.6. The summed E-state index contributed by atoms with van der Waals surface area (Å²) in [5.41, 5.74) is 0.752. The average molecular weight is 380 g/mol. The molecule has 10 heteroatoms. The van der Waals surface area contributed by atoms with E-state index < -0.39 is 15.9 Å². The Bertz CT molecular complexity index is 830. The van der Waals surface area contributed by atoms with E-state index in [9.17, 15) is 13.2 Å². The molecular formula is C16H24N6O3S.